The summed E-state index contributed by atoms with van der Waals surface area (Å²) in [6, 6.07) is 11.9. The predicted molar refractivity (Wildman–Crippen MR) is 117 cm³/mol. The maximum absolute atomic E-state index is 12.7. The summed E-state index contributed by atoms with van der Waals surface area (Å²) in [4.78, 5) is 9.85. The fourth-order valence-electron chi connectivity index (χ4n) is 4.11. The van der Waals surface area contributed by atoms with Crippen LogP contribution in [0.5, 0.6) is 0 Å². The van der Waals surface area contributed by atoms with E-state index in [1.54, 1.807) is 16.4 Å². The highest BCUT2D eigenvalue weighted by Crippen LogP contribution is 2.26. The largest absolute Gasteiger partial charge is 0.354 e. The molecule has 0 spiro atoms. The SMILES string of the molecule is CC(C)N1CCN(c2ccc(-c3ccc(S(=O)(=O)N4CCCC4)cc3)cn2)CC1. The highest BCUT2D eigenvalue weighted by atomic mass is 32.2. The van der Waals surface area contributed by atoms with E-state index in [0.717, 1.165) is 56.0 Å². The van der Waals surface area contributed by atoms with Crippen LogP contribution < -0.4 is 4.90 Å². The van der Waals surface area contributed by atoms with E-state index in [0.29, 0.717) is 24.0 Å². The van der Waals surface area contributed by atoms with Crippen molar-refractivity contribution in [2.45, 2.75) is 37.6 Å². The first-order valence-corrected chi connectivity index (χ1v) is 11.9. The lowest BCUT2D eigenvalue weighted by molar-refractivity contribution is 0.209. The average molecular weight is 415 g/mol. The molecule has 0 saturated carbocycles. The third-order valence-corrected chi connectivity index (χ3v) is 7.92. The molecule has 6 nitrogen and oxygen atoms in total. The minimum absolute atomic E-state index is 0.371. The van der Waals surface area contributed by atoms with E-state index >= 15 is 0 Å². The Bertz CT molecular complexity index is 912. The van der Waals surface area contributed by atoms with Gasteiger partial charge in [0.1, 0.15) is 5.82 Å². The molecule has 2 aliphatic heterocycles. The van der Waals surface area contributed by atoms with Gasteiger partial charge in [-0.25, -0.2) is 13.4 Å². The first kappa shape index (κ1) is 20.3. The lowest BCUT2D eigenvalue weighted by Crippen LogP contribution is -2.49. The Morgan fingerprint density at radius 3 is 2.00 bits per heavy atom. The van der Waals surface area contributed by atoms with Gasteiger partial charge >= 0.3 is 0 Å². The van der Waals surface area contributed by atoms with Crippen molar-refractivity contribution < 1.29 is 8.42 Å². The molecule has 29 heavy (non-hydrogen) atoms. The molecule has 0 aliphatic carbocycles. The zero-order valence-corrected chi connectivity index (χ0v) is 18.1. The Labute approximate surface area is 174 Å². The van der Waals surface area contributed by atoms with E-state index in [1.807, 2.05) is 18.3 Å². The van der Waals surface area contributed by atoms with Crippen molar-refractivity contribution in [3.8, 4) is 11.1 Å². The van der Waals surface area contributed by atoms with E-state index in [2.05, 4.69) is 40.8 Å². The molecule has 156 valence electrons. The lowest BCUT2D eigenvalue weighted by atomic mass is 10.1. The van der Waals surface area contributed by atoms with E-state index in [9.17, 15) is 8.42 Å². The molecule has 7 heteroatoms. The maximum atomic E-state index is 12.7. The molecule has 0 N–H and O–H groups in total. The van der Waals surface area contributed by atoms with Crippen LogP contribution in [0.3, 0.4) is 0 Å². The highest BCUT2D eigenvalue weighted by Gasteiger charge is 2.27. The fourth-order valence-corrected chi connectivity index (χ4v) is 5.63. The van der Waals surface area contributed by atoms with Gasteiger partial charge in [0.25, 0.3) is 0 Å². The van der Waals surface area contributed by atoms with Gasteiger partial charge < -0.3 is 4.90 Å². The van der Waals surface area contributed by atoms with Crippen molar-refractivity contribution in [3.63, 3.8) is 0 Å². The van der Waals surface area contributed by atoms with Gasteiger partial charge in [0, 0.05) is 57.1 Å². The molecule has 2 aromatic rings. The Hall–Kier alpha value is -1.96. The molecule has 0 radical (unpaired) electrons. The number of nitrogens with zero attached hydrogens (tertiary/aromatic N) is 4. The van der Waals surface area contributed by atoms with Gasteiger partial charge in [0.2, 0.25) is 10.0 Å². The topological polar surface area (TPSA) is 56.8 Å². The quantitative estimate of drug-likeness (QED) is 0.753. The molecule has 1 aromatic carbocycles. The van der Waals surface area contributed by atoms with Gasteiger partial charge in [-0.05, 0) is 56.5 Å². The van der Waals surface area contributed by atoms with Crippen LogP contribution in [0.4, 0.5) is 5.82 Å². The summed E-state index contributed by atoms with van der Waals surface area (Å²) < 4.78 is 26.9. The first-order valence-electron chi connectivity index (χ1n) is 10.5. The van der Waals surface area contributed by atoms with Crippen molar-refractivity contribution in [2.24, 2.45) is 0 Å². The van der Waals surface area contributed by atoms with Crippen LogP contribution in [-0.2, 0) is 10.0 Å². The van der Waals surface area contributed by atoms with Crippen molar-refractivity contribution in [1.82, 2.24) is 14.2 Å². The van der Waals surface area contributed by atoms with Crippen LogP contribution in [0.15, 0.2) is 47.5 Å². The molecule has 0 amide bonds. The minimum Gasteiger partial charge on any atom is -0.354 e. The summed E-state index contributed by atoms with van der Waals surface area (Å²) in [6.45, 7) is 9.85. The second-order valence-electron chi connectivity index (χ2n) is 8.16. The van der Waals surface area contributed by atoms with Gasteiger partial charge in [-0.2, -0.15) is 4.31 Å². The monoisotopic (exact) mass is 414 g/mol. The predicted octanol–water partition coefficient (Wildman–Crippen LogP) is 3.06. The first-order chi connectivity index (χ1) is 13.9. The van der Waals surface area contributed by atoms with Crippen LogP contribution in [0.1, 0.15) is 26.7 Å². The number of hydrogen-bond acceptors (Lipinski definition) is 5. The number of rotatable bonds is 5. The fraction of sp³-hybridized carbons (Fsp3) is 0.500. The van der Waals surface area contributed by atoms with Crippen LogP contribution in [-0.4, -0.2) is 67.9 Å². The second kappa shape index (κ2) is 8.42. The third kappa shape index (κ3) is 4.32. The highest BCUT2D eigenvalue weighted by molar-refractivity contribution is 7.89. The Balaban J connectivity index is 1.44. The minimum atomic E-state index is -3.36. The summed E-state index contributed by atoms with van der Waals surface area (Å²) in [7, 11) is -3.36. The number of hydrogen-bond donors (Lipinski definition) is 0. The maximum Gasteiger partial charge on any atom is 0.243 e. The summed E-state index contributed by atoms with van der Waals surface area (Å²) in [5.74, 6) is 1.00. The summed E-state index contributed by atoms with van der Waals surface area (Å²) >= 11 is 0. The van der Waals surface area contributed by atoms with Gasteiger partial charge in [0.05, 0.1) is 4.90 Å². The van der Waals surface area contributed by atoms with Gasteiger partial charge in [-0.1, -0.05) is 12.1 Å². The molecule has 0 atom stereocenters. The standard InChI is InChI=1S/C22H30N4O2S/c1-18(2)24-13-15-25(16-14-24)22-10-7-20(17-23-22)19-5-8-21(9-6-19)29(27,28)26-11-3-4-12-26/h5-10,17-18H,3-4,11-16H2,1-2H3. The Kier molecular flexibility index (Phi) is 5.90. The number of benzene rings is 1. The molecular weight excluding hydrogens is 384 g/mol. The molecule has 2 saturated heterocycles. The zero-order chi connectivity index (χ0) is 20.4. The summed E-state index contributed by atoms with van der Waals surface area (Å²) in [5.41, 5.74) is 1.98. The lowest BCUT2D eigenvalue weighted by Gasteiger charge is -2.37. The zero-order valence-electron chi connectivity index (χ0n) is 17.3. The average Bonchev–Trinajstić information content (AvgIpc) is 3.30. The molecular formula is C22H30N4O2S. The van der Waals surface area contributed by atoms with Crippen LogP contribution in [0.2, 0.25) is 0 Å². The van der Waals surface area contributed by atoms with Crippen LogP contribution in [0, 0.1) is 0 Å². The molecule has 2 aliphatic rings. The smallest absolute Gasteiger partial charge is 0.243 e. The molecule has 0 unspecified atom stereocenters. The normalized spacial score (nSPS) is 19.2. The Morgan fingerprint density at radius 1 is 0.828 bits per heavy atom. The number of piperazine rings is 1. The number of aromatic nitrogens is 1. The van der Waals surface area contributed by atoms with Gasteiger partial charge in [-0.15, -0.1) is 0 Å². The third-order valence-electron chi connectivity index (χ3n) is 6.01. The number of sulfonamides is 1. The molecule has 2 fully saturated rings. The van der Waals surface area contributed by atoms with E-state index in [-0.39, 0.29) is 0 Å². The van der Waals surface area contributed by atoms with Crippen molar-refractivity contribution in [2.75, 3.05) is 44.2 Å². The molecule has 3 heterocycles. The van der Waals surface area contributed by atoms with E-state index < -0.39 is 10.0 Å². The van der Waals surface area contributed by atoms with Crippen LogP contribution >= 0.6 is 0 Å². The summed E-state index contributed by atoms with van der Waals surface area (Å²) in [6.07, 6.45) is 3.78. The molecule has 4 rings (SSSR count). The number of pyridine rings is 1. The van der Waals surface area contributed by atoms with Crippen molar-refractivity contribution in [3.05, 3.63) is 42.6 Å². The van der Waals surface area contributed by atoms with Crippen LogP contribution in [0.25, 0.3) is 11.1 Å². The van der Waals surface area contributed by atoms with Gasteiger partial charge in [0.15, 0.2) is 0 Å². The number of anilines is 1. The Morgan fingerprint density at radius 2 is 1.45 bits per heavy atom. The molecule has 1 aromatic heterocycles. The van der Waals surface area contributed by atoms with E-state index in [1.165, 1.54) is 0 Å². The summed E-state index contributed by atoms with van der Waals surface area (Å²) in [5, 5.41) is 0. The molecule has 0 bridgehead atoms. The van der Waals surface area contributed by atoms with Gasteiger partial charge in [-0.3, -0.25) is 4.90 Å². The van der Waals surface area contributed by atoms with Crippen molar-refractivity contribution >= 4 is 15.8 Å². The van der Waals surface area contributed by atoms with E-state index in [4.69, 9.17) is 0 Å². The second-order valence-corrected chi connectivity index (χ2v) is 10.1. The van der Waals surface area contributed by atoms with Crippen molar-refractivity contribution in [1.29, 1.82) is 0 Å².